The van der Waals surface area contributed by atoms with Crippen molar-refractivity contribution < 1.29 is 16.8 Å². The summed E-state index contributed by atoms with van der Waals surface area (Å²) in [6.07, 6.45) is 1.44. The predicted octanol–water partition coefficient (Wildman–Crippen LogP) is 5.25. The molecule has 180 valence electrons. The monoisotopic (exact) mass is 506 g/mol. The molecule has 8 heteroatoms. The fourth-order valence-electron chi connectivity index (χ4n) is 3.89. The lowest BCUT2D eigenvalue weighted by atomic mass is 10.1. The number of hydrogen-bond donors (Lipinski definition) is 0. The standard InChI is InChI=1S/C27H26N2O4S2/c1-6-26(28(5)34(30,31)22-12-7-19(2)8-13-22)25-18-29(27-16-11-21(4)17-24(25)27)35(32,33)23-14-9-20(3)10-15-23/h7-18H,1H2,2-5H3. The first kappa shape index (κ1) is 24.5. The molecule has 0 amide bonds. The molecule has 4 rings (SSSR count). The molecule has 1 aromatic heterocycles. The highest BCUT2D eigenvalue weighted by Gasteiger charge is 2.28. The maximum absolute atomic E-state index is 13.6. The van der Waals surface area contributed by atoms with Crippen molar-refractivity contribution in [2.24, 2.45) is 0 Å². The number of aryl methyl sites for hydroxylation is 3. The lowest BCUT2D eigenvalue weighted by Gasteiger charge is -2.21. The van der Waals surface area contributed by atoms with Gasteiger partial charge in [-0.25, -0.2) is 20.8 Å². The third-order valence-corrected chi connectivity index (χ3v) is 9.38. The first-order valence-electron chi connectivity index (χ1n) is 10.9. The second-order valence-corrected chi connectivity index (χ2v) is 12.3. The molecule has 0 atom stereocenters. The van der Waals surface area contributed by atoms with Gasteiger partial charge in [0.15, 0.2) is 0 Å². The summed E-state index contributed by atoms with van der Waals surface area (Å²) >= 11 is 0. The normalized spacial score (nSPS) is 11.9. The summed E-state index contributed by atoms with van der Waals surface area (Å²) < 4.78 is 56.2. The van der Waals surface area contributed by atoms with Crippen molar-refractivity contribution in [3.05, 3.63) is 107 Å². The highest BCUT2D eigenvalue weighted by molar-refractivity contribution is 7.90. The van der Waals surface area contributed by atoms with Crippen LogP contribution < -0.4 is 0 Å². The minimum absolute atomic E-state index is 0.116. The Bertz CT molecular complexity index is 1690. The molecule has 1 heterocycles. The van der Waals surface area contributed by atoms with Gasteiger partial charge >= 0.3 is 0 Å². The third-order valence-electron chi connectivity index (χ3n) is 5.92. The highest BCUT2D eigenvalue weighted by atomic mass is 32.2. The quantitative estimate of drug-likeness (QED) is 0.335. The molecule has 0 unspecified atom stereocenters. The van der Waals surface area contributed by atoms with Crippen LogP contribution in [0.2, 0.25) is 0 Å². The molecular formula is C27H26N2O4S2. The van der Waals surface area contributed by atoms with Crippen LogP contribution in [0, 0.1) is 20.8 Å². The summed E-state index contributed by atoms with van der Waals surface area (Å²) in [7, 11) is -6.48. The van der Waals surface area contributed by atoms with Gasteiger partial charge in [0.05, 0.1) is 15.3 Å². The van der Waals surface area contributed by atoms with Crippen LogP contribution in [-0.4, -0.2) is 32.2 Å². The highest BCUT2D eigenvalue weighted by Crippen LogP contribution is 2.34. The summed E-state index contributed by atoms with van der Waals surface area (Å²) in [5.41, 5.74) is 6.49. The van der Waals surface area contributed by atoms with E-state index in [1.54, 1.807) is 42.5 Å². The van der Waals surface area contributed by atoms with Gasteiger partial charge in [-0.05, 0) is 57.2 Å². The molecule has 3 aromatic carbocycles. The Balaban J connectivity index is 1.92. The second kappa shape index (κ2) is 8.89. The van der Waals surface area contributed by atoms with E-state index in [1.807, 2.05) is 32.9 Å². The molecule has 6 nitrogen and oxygen atoms in total. The van der Waals surface area contributed by atoms with Crippen LogP contribution >= 0.6 is 0 Å². The summed E-state index contributed by atoms with van der Waals surface area (Å²) in [6, 6.07) is 18.5. The number of fused-ring (bicyclic) bond motifs is 1. The van der Waals surface area contributed by atoms with Crippen molar-refractivity contribution in [1.82, 2.24) is 8.28 Å². The molecule has 0 saturated carbocycles. The lowest BCUT2D eigenvalue weighted by molar-refractivity contribution is 0.546. The number of sulfonamides is 1. The molecule has 35 heavy (non-hydrogen) atoms. The Labute approximate surface area is 206 Å². The molecule has 0 aliphatic rings. The van der Waals surface area contributed by atoms with E-state index in [0.717, 1.165) is 21.0 Å². The molecule has 0 aliphatic heterocycles. The van der Waals surface area contributed by atoms with Crippen LogP contribution in [0.3, 0.4) is 0 Å². The molecule has 0 fully saturated rings. The van der Waals surface area contributed by atoms with E-state index >= 15 is 0 Å². The summed E-state index contributed by atoms with van der Waals surface area (Å²) in [6.45, 7) is 9.37. The van der Waals surface area contributed by atoms with E-state index in [-0.39, 0.29) is 15.5 Å². The Morgan fingerprint density at radius 2 is 1.31 bits per heavy atom. The Kier molecular flexibility index (Phi) is 6.23. The number of rotatable bonds is 6. The fourth-order valence-corrected chi connectivity index (χ4v) is 6.46. The van der Waals surface area contributed by atoms with Crippen molar-refractivity contribution in [3.63, 3.8) is 0 Å². The van der Waals surface area contributed by atoms with Gasteiger partial charge in [0.25, 0.3) is 20.0 Å². The van der Waals surface area contributed by atoms with Gasteiger partial charge in [0, 0.05) is 24.2 Å². The smallest absolute Gasteiger partial charge is 0.262 e. The Morgan fingerprint density at radius 3 is 1.86 bits per heavy atom. The van der Waals surface area contributed by atoms with Gasteiger partial charge in [-0.3, -0.25) is 4.31 Å². The number of benzene rings is 3. The zero-order valence-electron chi connectivity index (χ0n) is 20.0. The number of hydrogen-bond acceptors (Lipinski definition) is 4. The summed E-state index contributed by atoms with van der Waals surface area (Å²) in [5, 5.41) is 0.581. The average molecular weight is 507 g/mol. The Morgan fingerprint density at radius 1 is 0.800 bits per heavy atom. The van der Waals surface area contributed by atoms with Crippen LogP contribution in [0.4, 0.5) is 0 Å². The van der Waals surface area contributed by atoms with Crippen LogP contribution in [0.25, 0.3) is 16.6 Å². The van der Waals surface area contributed by atoms with Crippen LogP contribution in [0.15, 0.2) is 95.0 Å². The van der Waals surface area contributed by atoms with Gasteiger partial charge in [0.1, 0.15) is 5.70 Å². The van der Waals surface area contributed by atoms with Gasteiger partial charge < -0.3 is 0 Å². The topological polar surface area (TPSA) is 76.5 Å². The van der Waals surface area contributed by atoms with Crippen LogP contribution in [0.1, 0.15) is 22.3 Å². The van der Waals surface area contributed by atoms with Crippen molar-refractivity contribution in [3.8, 4) is 0 Å². The molecule has 4 aromatic rings. The van der Waals surface area contributed by atoms with E-state index in [4.69, 9.17) is 0 Å². The first-order valence-corrected chi connectivity index (χ1v) is 13.7. The maximum Gasteiger partial charge on any atom is 0.268 e. The van der Waals surface area contributed by atoms with Crippen molar-refractivity contribution >= 4 is 36.6 Å². The van der Waals surface area contributed by atoms with Gasteiger partial charge in [-0.15, -0.1) is 5.73 Å². The average Bonchev–Trinajstić information content (AvgIpc) is 3.19. The van der Waals surface area contributed by atoms with E-state index in [2.05, 4.69) is 12.3 Å². The van der Waals surface area contributed by atoms with Crippen molar-refractivity contribution in [1.29, 1.82) is 0 Å². The first-order chi connectivity index (χ1) is 16.5. The zero-order chi connectivity index (χ0) is 25.5. The minimum atomic E-state index is -3.95. The molecule has 0 bridgehead atoms. The van der Waals surface area contributed by atoms with Gasteiger partial charge in [0.2, 0.25) is 0 Å². The molecule has 0 radical (unpaired) electrons. The lowest BCUT2D eigenvalue weighted by Crippen LogP contribution is -2.25. The van der Waals surface area contributed by atoms with Crippen molar-refractivity contribution in [2.75, 3.05) is 7.05 Å². The second-order valence-electron chi connectivity index (χ2n) is 8.49. The molecule has 0 spiro atoms. The molecule has 0 saturated heterocycles. The maximum atomic E-state index is 13.6. The third kappa shape index (κ3) is 4.32. The molecule has 0 aliphatic carbocycles. The Hall–Kier alpha value is -3.58. The summed E-state index contributed by atoms with van der Waals surface area (Å²) in [5.74, 6) is 0. The van der Waals surface area contributed by atoms with Crippen LogP contribution in [0.5, 0.6) is 0 Å². The SMILES string of the molecule is C=C=C(c1cn(S(=O)(=O)c2ccc(C)cc2)c2ccc(C)cc12)N(C)S(=O)(=O)c1ccc(C)cc1. The summed E-state index contributed by atoms with van der Waals surface area (Å²) in [4.78, 5) is 0.252. The predicted molar refractivity (Wildman–Crippen MR) is 139 cm³/mol. The van der Waals surface area contributed by atoms with E-state index in [1.165, 1.54) is 29.3 Å². The fraction of sp³-hybridized carbons (Fsp3) is 0.148. The minimum Gasteiger partial charge on any atom is -0.262 e. The van der Waals surface area contributed by atoms with Gasteiger partial charge in [-0.2, -0.15) is 0 Å². The molecular weight excluding hydrogens is 480 g/mol. The number of aromatic nitrogens is 1. The molecule has 0 N–H and O–H groups in total. The van der Waals surface area contributed by atoms with Gasteiger partial charge in [-0.1, -0.05) is 53.6 Å². The largest absolute Gasteiger partial charge is 0.268 e. The zero-order valence-corrected chi connectivity index (χ0v) is 21.6. The van der Waals surface area contributed by atoms with E-state index in [0.29, 0.717) is 16.5 Å². The van der Waals surface area contributed by atoms with E-state index in [9.17, 15) is 16.8 Å². The van der Waals surface area contributed by atoms with Crippen LogP contribution in [-0.2, 0) is 20.0 Å². The van der Waals surface area contributed by atoms with Crippen molar-refractivity contribution in [2.45, 2.75) is 30.6 Å². The number of nitrogens with zero attached hydrogens (tertiary/aromatic N) is 2. The van der Waals surface area contributed by atoms with E-state index < -0.39 is 20.0 Å².